The van der Waals surface area contributed by atoms with Crippen molar-refractivity contribution in [1.82, 2.24) is 14.5 Å². The van der Waals surface area contributed by atoms with Gasteiger partial charge in [0.05, 0.1) is 16.0 Å². The van der Waals surface area contributed by atoms with Crippen molar-refractivity contribution in [2.75, 3.05) is 0 Å². The molecule has 0 bridgehead atoms. The number of imidazole rings is 1. The number of carbonyl (C=O) groups is 1. The zero-order valence-electron chi connectivity index (χ0n) is 20.0. The summed E-state index contributed by atoms with van der Waals surface area (Å²) in [5.74, 6) is 1.95. The molecule has 0 aliphatic rings. The van der Waals surface area contributed by atoms with Gasteiger partial charge in [-0.1, -0.05) is 33.8 Å². The first-order chi connectivity index (χ1) is 16.0. The summed E-state index contributed by atoms with van der Waals surface area (Å²) < 4.78 is 2.40. The van der Waals surface area contributed by atoms with E-state index in [-0.39, 0.29) is 11.7 Å². The van der Waals surface area contributed by atoms with Crippen LogP contribution >= 0.6 is 22.7 Å². The Morgan fingerprint density at radius 2 is 1.91 bits per heavy atom. The second-order valence-corrected chi connectivity index (χ2v) is 11.1. The highest BCUT2D eigenvalue weighted by Gasteiger charge is 2.22. The summed E-state index contributed by atoms with van der Waals surface area (Å²) in [5.41, 5.74) is 2.81. The molecular formula is C27H33N3OS2. The maximum absolute atomic E-state index is 13.3. The van der Waals surface area contributed by atoms with Gasteiger partial charge in [0.1, 0.15) is 5.82 Å². The van der Waals surface area contributed by atoms with E-state index in [1.54, 1.807) is 22.7 Å². The van der Waals surface area contributed by atoms with Gasteiger partial charge in [0.25, 0.3) is 0 Å². The van der Waals surface area contributed by atoms with Gasteiger partial charge in [0.15, 0.2) is 5.78 Å². The Labute approximate surface area is 204 Å². The van der Waals surface area contributed by atoms with Crippen molar-refractivity contribution < 1.29 is 4.79 Å². The molecule has 0 N–H and O–H groups in total. The number of nitrogens with zero attached hydrogens (tertiary/aromatic N) is 3. The SMILES string of the molecule is CCC(CC)n1c(Cc2cccs2)nc2cc(C(=O)CC(CC(C)C)c3nccs3)ccc21. The number of thiazole rings is 1. The zero-order chi connectivity index (χ0) is 23.4. The Morgan fingerprint density at radius 1 is 1.09 bits per heavy atom. The first kappa shape index (κ1) is 23.8. The zero-order valence-corrected chi connectivity index (χ0v) is 21.6. The van der Waals surface area contributed by atoms with E-state index in [0.29, 0.717) is 18.4 Å². The van der Waals surface area contributed by atoms with Gasteiger partial charge in [-0.3, -0.25) is 4.79 Å². The summed E-state index contributed by atoms with van der Waals surface area (Å²) in [6.45, 7) is 8.88. The molecule has 4 rings (SSSR count). The van der Waals surface area contributed by atoms with Gasteiger partial charge in [-0.2, -0.15) is 0 Å². The van der Waals surface area contributed by atoms with E-state index in [1.807, 2.05) is 23.7 Å². The minimum absolute atomic E-state index is 0.171. The smallest absolute Gasteiger partial charge is 0.163 e. The second kappa shape index (κ2) is 10.7. The van der Waals surface area contributed by atoms with Crippen LogP contribution in [0.1, 0.15) is 91.4 Å². The number of ketones is 1. The van der Waals surface area contributed by atoms with Crippen LogP contribution in [0.2, 0.25) is 0 Å². The third-order valence-electron chi connectivity index (χ3n) is 6.29. The fourth-order valence-electron chi connectivity index (χ4n) is 4.70. The molecule has 4 nitrogen and oxygen atoms in total. The number of aromatic nitrogens is 3. The van der Waals surface area contributed by atoms with Crippen LogP contribution < -0.4 is 0 Å². The highest BCUT2D eigenvalue weighted by Crippen LogP contribution is 2.32. The van der Waals surface area contributed by atoms with E-state index in [1.165, 1.54) is 4.88 Å². The largest absolute Gasteiger partial charge is 0.325 e. The predicted octanol–water partition coefficient (Wildman–Crippen LogP) is 7.91. The van der Waals surface area contributed by atoms with Crippen molar-refractivity contribution in [1.29, 1.82) is 0 Å². The lowest BCUT2D eigenvalue weighted by Gasteiger charge is -2.19. The highest BCUT2D eigenvalue weighted by molar-refractivity contribution is 7.10. The summed E-state index contributed by atoms with van der Waals surface area (Å²) in [6, 6.07) is 10.8. The number of thiophene rings is 1. The van der Waals surface area contributed by atoms with Crippen LogP contribution in [0.4, 0.5) is 0 Å². The molecule has 0 saturated carbocycles. The number of Topliss-reactive ketones (excluding diaryl/α,β-unsaturated/α-hetero) is 1. The average Bonchev–Trinajstić information content (AvgIpc) is 3.56. The fourth-order valence-corrected chi connectivity index (χ4v) is 6.15. The Bertz CT molecular complexity index is 1170. The molecule has 0 spiro atoms. The molecular weight excluding hydrogens is 446 g/mol. The minimum Gasteiger partial charge on any atom is -0.325 e. The maximum Gasteiger partial charge on any atom is 0.163 e. The Morgan fingerprint density at radius 3 is 2.55 bits per heavy atom. The van der Waals surface area contributed by atoms with Gasteiger partial charge in [-0.25, -0.2) is 9.97 Å². The summed E-state index contributed by atoms with van der Waals surface area (Å²) in [7, 11) is 0. The molecule has 6 heteroatoms. The standard InChI is InChI=1S/C27H33N3OS2/c1-5-21(6-2)30-24-10-9-19(15-23(24)29-26(30)17-22-8-7-12-32-22)25(31)16-20(14-18(3)4)27-28-11-13-33-27/h7-13,15,18,20-21H,5-6,14,16-17H2,1-4H3. The van der Waals surface area contributed by atoms with Crippen molar-refractivity contribution in [2.24, 2.45) is 5.92 Å². The van der Waals surface area contributed by atoms with Gasteiger partial charge in [0, 0.05) is 46.8 Å². The molecule has 1 unspecified atom stereocenters. The molecule has 0 aliphatic carbocycles. The topological polar surface area (TPSA) is 47.8 Å². The molecule has 33 heavy (non-hydrogen) atoms. The van der Waals surface area contributed by atoms with Crippen molar-refractivity contribution in [3.05, 3.63) is 68.6 Å². The molecule has 0 radical (unpaired) electrons. The second-order valence-electron chi connectivity index (χ2n) is 9.15. The predicted molar refractivity (Wildman–Crippen MR) is 140 cm³/mol. The number of hydrogen-bond donors (Lipinski definition) is 0. The van der Waals surface area contributed by atoms with Crippen LogP contribution in [0.3, 0.4) is 0 Å². The molecule has 1 aromatic carbocycles. The molecule has 3 aromatic heterocycles. The molecule has 174 valence electrons. The van der Waals surface area contributed by atoms with Crippen molar-refractivity contribution in [2.45, 2.75) is 71.8 Å². The number of rotatable bonds is 11. The van der Waals surface area contributed by atoms with Gasteiger partial charge in [-0.05, 0) is 54.8 Å². The number of hydrogen-bond acceptors (Lipinski definition) is 5. The van der Waals surface area contributed by atoms with Crippen LogP contribution in [-0.4, -0.2) is 20.3 Å². The van der Waals surface area contributed by atoms with E-state index in [0.717, 1.165) is 53.1 Å². The molecule has 0 amide bonds. The Balaban J connectivity index is 1.66. The van der Waals surface area contributed by atoms with Crippen LogP contribution in [0.5, 0.6) is 0 Å². The molecule has 3 heterocycles. The van der Waals surface area contributed by atoms with Crippen molar-refractivity contribution >= 4 is 39.5 Å². The maximum atomic E-state index is 13.3. The van der Waals surface area contributed by atoms with Crippen LogP contribution in [0, 0.1) is 5.92 Å². The molecule has 1 atom stereocenters. The van der Waals surface area contributed by atoms with Crippen LogP contribution in [0.25, 0.3) is 11.0 Å². The minimum atomic E-state index is 0.171. The number of carbonyl (C=O) groups excluding carboxylic acids is 1. The highest BCUT2D eigenvalue weighted by atomic mass is 32.1. The van der Waals surface area contributed by atoms with Gasteiger partial charge >= 0.3 is 0 Å². The lowest BCUT2D eigenvalue weighted by Crippen LogP contribution is -2.11. The summed E-state index contributed by atoms with van der Waals surface area (Å²) in [4.78, 5) is 24.2. The van der Waals surface area contributed by atoms with Crippen molar-refractivity contribution in [3.63, 3.8) is 0 Å². The Hall–Kier alpha value is -2.31. The van der Waals surface area contributed by atoms with E-state index in [9.17, 15) is 4.79 Å². The third-order valence-corrected chi connectivity index (χ3v) is 8.11. The third kappa shape index (κ3) is 5.44. The lowest BCUT2D eigenvalue weighted by atomic mass is 9.91. The molecule has 0 fully saturated rings. The normalized spacial score (nSPS) is 12.8. The van der Waals surface area contributed by atoms with Gasteiger partial charge in [0.2, 0.25) is 0 Å². The van der Waals surface area contributed by atoms with E-state index < -0.39 is 0 Å². The molecule has 0 saturated heterocycles. The monoisotopic (exact) mass is 479 g/mol. The summed E-state index contributed by atoms with van der Waals surface area (Å²) in [6.07, 6.45) is 6.24. The quantitative estimate of drug-likeness (QED) is 0.205. The summed E-state index contributed by atoms with van der Waals surface area (Å²) >= 11 is 3.42. The fraction of sp³-hybridized carbons (Fsp3) is 0.444. The van der Waals surface area contributed by atoms with Crippen LogP contribution in [0.15, 0.2) is 47.3 Å². The average molecular weight is 480 g/mol. The number of benzene rings is 1. The van der Waals surface area contributed by atoms with E-state index in [4.69, 9.17) is 4.98 Å². The van der Waals surface area contributed by atoms with Crippen molar-refractivity contribution in [3.8, 4) is 0 Å². The first-order valence-corrected chi connectivity index (χ1v) is 13.7. The lowest BCUT2D eigenvalue weighted by molar-refractivity contribution is 0.0970. The van der Waals surface area contributed by atoms with Crippen LogP contribution in [-0.2, 0) is 6.42 Å². The molecule has 4 aromatic rings. The first-order valence-electron chi connectivity index (χ1n) is 12.0. The van der Waals surface area contributed by atoms with E-state index >= 15 is 0 Å². The van der Waals surface area contributed by atoms with E-state index in [2.05, 4.69) is 60.8 Å². The Kier molecular flexibility index (Phi) is 7.76. The van der Waals surface area contributed by atoms with Gasteiger partial charge < -0.3 is 4.57 Å². The summed E-state index contributed by atoms with van der Waals surface area (Å²) in [5, 5.41) is 5.18. The molecule has 0 aliphatic heterocycles. The number of fused-ring (bicyclic) bond motifs is 1. The van der Waals surface area contributed by atoms with Gasteiger partial charge in [-0.15, -0.1) is 22.7 Å².